The molecule has 0 amide bonds. The van der Waals surface area contributed by atoms with Gasteiger partial charge >= 0.3 is 0 Å². The Morgan fingerprint density at radius 1 is 0.939 bits per heavy atom. The second kappa shape index (κ2) is 10.5. The van der Waals surface area contributed by atoms with Gasteiger partial charge < -0.3 is 63.8 Å². The minimum atomic E-state index is -1.88. The summed E-state index contributed by atoms with van der Waals surface area (Å²) in [5, 5.41) is 60.2. The standard InChI is InChI=1S/C20H30O13/c1-27-10-4-9(5-11(28-2)16(10)29-3)32-18-15(24)14(23)13(22)12(33-18)6-30-19-17(25)20(26,7-21)8-31-19/h4-5,12-15,17-19,21-26H,6-8H2,1-3H3/t12-,13-,14+,15-,17+,18+,19-,20-/m1/s1. The Morgan fingerprint density at radius 2 is 1.58 bits per heavy atom. The molecule has 6 N–H and O–H groups in total. The van der Waals surface area contributed by atoms with Crippen molar-refractivity contribution in [2.45, 2.75) is 48.7 Å². The first-order chi connectivity index (χ1) is 15.7. The van der Waals surface area contributed by atoms with E-state index in [0.717, 1.165) is 0 Å². The quantitative estimate of drug-likeness (QED) is 0.216. The van der Waals surface area contributed by atoms with E-state index in [-0.39, 0.29) is 23.9 Å². The summed E-state index contributed by atoms with van der Waals surface area (Å²) in [5.74, 6) is 1.03. The minimum Gasteiger partial charge on any atom is -0.493 e. The molecule has 0 spiro atoms. The van der Waals surface area contributed by atoms with Crippen LogP contribution in [0.1, 0.15) is 0 Å². The molecular formula is C20H30O13. The van der Waals surface area contributed by atoms with E-state index in [9.17, 15) is 30.6 Å². The number of hydrogen-bond acceptors (Lipinski definition) is 13. The monoisotopic (exact) mass is 478 g/mol. The molecule has 0 radical (unpaired) electrons. The maximum Gasteiger partial charge on any atom is 0.229 e. The average Bonchev–Trinajstić information content (AvgIpc) is 3.11. The van der Waals surface area contributed by atoms with Gasteiger partial charge in [-0.2, -0.15) is 0 Å². The van der Waals surface area contributed by atoms with Crippen LogP contribution in [0.15, 0.2) is 12.1 Å². The number of rotatable bonds is 9. The van der Waals surface area contributed by atoms with Crippen LogP contribution in [0.4, 0.5) is 0 Å². The lowest BCUT2D eigenvalue weighted by Crippen LogP contribution is -2.60. The summed E-state index contributed by atoms with van der Waals surface area (Å²) in [6, 6.07) is 2.91. The van der Waals surface area contributed by atoms with Gasteiger partial charge in [-0.05, 0) is 0 Å². The molecule has 0 bridgehead atoms. The Hall–Kier alpha value is -1.94. The molecule has 2 aliphatic heterocycles. The van der Waals surface area contributed by atoms with E-state index in [1.807, 2.05) is 0 Å². The van der Waals surface area contributed by atoms with Gasteiger partial charge in [0.2, 0.25) is 12.0 Å². The van der Waals surface area contributed by atoms with Gasteiger partial charge in [0, 0.05) is 12.1 Å². The molecule has 33 heavy (non-hydrogen) atoms. The fourth-order valence-corrected chi connectivity index (χ4v) is 3.54. The Balaban J connectivity index is 1.71. The molecule has 1 aromatic carbocycles. The molecule has 13 heteroatoms. The Bertz CT molecular complexity index is 766. The van der Waals surface area contributed by atoms with Crippen LogP contribution in [-0.4, -0.2) is 120 Å². The highest BCUT2D eigenvalue weighted by Gasteiger charge is 2.50. The lowest BCUT2D eigenvalue weighted by atomic mass is 9.99. The van der Waals surface area contributed by atoms with E-state index >= 15 is 0 Å². The van der Waals surface area contributed by atoms with Crippen molar-refractivity contribution >= 4 is 0 Å². The fourth-order valence-electron chi connectivity index (χ4n) is 3.54. The summed E-state index contributed by atoms with van der Waals surface area (Å²) >= 11 is 0. The van der Waals surface area contributed by atoms with Crippen LogP contribution in [0, 0.1) is 0 Å². The summed E-state index contributed by atoms with van der Waals surface area (Å²) in [6.45, 7) is -1.51. The summed E-state index contributed by atoms with van der Waals surface area (Å²) in [6.07, 6.45) is -10.3. The van der Waals surface area contributed by atoms with Crippen LogP contribution in [0.3, 0.4) is 0 Å². The fraction of sp³-hybridized carbons (Fsp3) is 0.700. The SMILES string of the molecule is COc1cc(O[C@H]2O[C@H](CO[C@@H]3OC[C@](O)(CO)[C@H]3O)[C@@H](O)[C@H](O)[C@H]2O)cc(OC)c1OC. The Morgan fingerprint density at radius 3 is 2.09 bits per heavy atom. The first-order valence-corrected chi connectivity index (χ1v) is 10.1. The lowest BCUT2D eigenvalue weighted by Gasteiger charge is -2.40. The van der Waals surface area contributed by atoms with Gasteiger partial charge in [0.1, 0.15) is 41.9 Å². The number of benzene rings is 1. The van der Waals surface area contributed by atoms with Crippen molar-refractivity contribution in [2.24, 2.45) is 0 Å². The molecule has 3 rings (SSSR count). The predicted molar refractivity (Wildman–Crippen MR) is 107 cm³/mol. The summed E-state index contributed by atoms with van der Waals surface area (Å²) in [5.41, 5.74) is -1.88. The largest absolute Gasteiger partial charge is 0.493 e. The van der Waals surface area contributed by atoms with E-state index in [2.05, 4.69) is 0 Å². The first-order valence-electron chi connectivity index (χ1n) is 10.1. The number of aliphatic hydroxyl groups is 6. The second-order valence-corrected chi connectivity index (χ2v) is 7.71. The molecule has 2 saturated heterocycles. The van der Waals surface area contributed by atoms with Crippen molar-refractivity contribution in [3.8, 4) is 23.0 Å². The zero-order chi connectivity index (χ0) is 24.3. The van der Waals surface area contributed by atoms with Gasteiger partial charge in [-0.25, -0.2) is 0 Å². The van der Waals surface area contributed by atoms with Crippen molar-refractivity contribution in [3.05, 3.63) is 12.1 Å². The van der Waals surface area contributed by atoms with Crippen LogP contribution >= 0.6 is 0 Å². The van der Waals surface area contributed by atoms with Crippen LogP contribution in [0.5, 0.6) is 23.0 Å². The molecule has 0 aromatic heterocycles. The van der Waals surface area contributed by atoms with Crippen LogP contribution < -0.4 is 18.9 Å². The van der Waals surface area contributed by atoms with Crippen molar-refractivity contribution in [1.29, 1.82) is 0 Å². The predicted octanol–water partition coefficient (Wildman–Crippen LogP) is -2.64. The number of methoxy groups -OCH3 is 3. The molecule has 8 atom stereocenters. The number of aliphatic hydroxyl groups excluding tert-OH is 5. The minimum absolute atomic E-state index is 0.152. The summed E-state index contributed by atoms with van der Waals surface area (Å²) < 4.78 is 37.5. The van der Waals surface area contributed by atoms with E-state index in [1.165, 1.54) is 33.5 Å². The van der Waals surface area contributed by atoms with Gasteiger partial charge in [-0.3, -0.25) is 0 Å². The van der Waals surface area contributed by atoms with Gasteiger partial charge in [-0.15, -0.1) is 0 Å². The molecule has 2 heterocycles. The van der Waals surface area contributed by atoms with Crippen molar-refractivity contribution in [2.75, 3.05) is 41.2 Å². The molecule has 2 aliphatic rings. The van der Waals surface area contributed by atoms with E-state index in [1.54, 1.807) is 0 Å². The van der Waals surface area contributed by atoms with E-state index in [4.69, 9.17) is 33.2 Å². The molecule has 0 aliphatic carbocycles. The van der Waals surface area contributed by atoms with E-state index < -0.39 is 61.9 Å². The summed E-state index contributed by atoms with van der Waals surface area (Å²) in [7, 11) is 4.26. The highest BCUT2D eigenvalue weighted by molar-refractivity contribution is 5.55. The zero-order valence-corrected chi connectivity index (χ0v) is 18.4. The Labute approximate surface area is 189 Å². The molecular weight excluding hydrogens is 448 g/mol. The molecule has 13 nitrogen and oxygen atoms in total. The van der Waals surface area contributed by atoms with Crippen molar-refractivity contribution in [3.63, 3.8) is 0 Å². The third-order valence-corrected chi connectivity index (χ3v) is 5.56. The first kappa shape index (κ1) is 25.7. The van der Waals surface area contributed by atoms with Crippen molar-refractivity contribution in [1.82, 2.24) is 0 Å². The molecule has 0 unspecified atom stereocenters. The molecule has 188 valence electrons. The Kier molecular flexibility index (Phi) is 8.21. The van der Waals surface area contributed by atoms with Gasteiger partial charge in [0.15, 0.2) is 17.8 Å². The van der Waals surface area contributed by atoms with Crippen molar-refractivity contribution < 1.29 is 63.8 Å². The lowest BCUT2D eigenvalue weighted by molar-refractivity contribution is -0.289. The van der Waals surface area contributed by atoms with E-state index in [0.29, 0.717) is 5.75 Å². The van der Waals surface area contributed by atoms with Gasteiger partial charge in [-0.1, -0.05) is 0 Å². The second-order valence-electron chi connectivity index (χ2n) is 7.71. The van der Waals surface area contributed by atoms with Gasteiger partial charge in [0.05, 0.1) is 41.2 Å². The zero-order valence-electron chi connectivity index (χ0n) is 18.4. The maximum absolute atomic E-state index is 10.3. The van der Waals surface area contributed by atoms with Crippen LogP contribution in [0.2, 0.25) is 0 Å². The maximum atomic E-state index is 10.3. The highest BCUT2D eigenvalue weighted by atomic mass is 16.7. The normalized spacial score (nSPS) is 36.5. The number of ether oxygens (including phenoxy) is 7. The topological polar surface area (TPSA) is 186 Å². The third kappa shape index (κ3) is 5.11. The average molecular weight is 478 g/mol. The molecule has 1 aromatic rings. The van der Waals surface area contributed by atoms with Gasteiger partial charge in [0.25, 0.3) is 0 Å². The smallest absolute Gasteiger partial charge is 0.229 e. The molecule has 0 saturated carbocycles. The molecule has 2 fully saturated rings. The summed E-state index contributed by atoms with van der Waals surface area (Å²) in [4.78, 5) is 0. The highest BCUT2D eigenvalue weighted by Crippen LogP contribution is 2.41. The number of hydrogen-bond donors (Lipinski definition) is 6. The third-order valence-electron chi connectivity index (χ3n) is 5.56. The van der Waals surface area contributed by atoms with Crippen LogP contribution in [0.25, 0.3) is 0 Å². The van der Waals surface area contributed by atoms with Crippen LogP contribution in [-0.2, 0) is 14.2 Å².